The van der Waals surface area contributed by atoms with Gasteiger partial charge in [-0.05, 0) is 31.9 Å². The monoisotopic (exact) mass is 291 g/mol. The summed E-state index contributed by atoms with van der Waals surface area (Å²) in [6.07, 6.45) is 3.46. The molecular formula is C15H21N3O3. The van der Waals surface area contributed by atoms with Gasteiger partial charge in [-0.15, -0.1) is 0 Å². The van der Waals surface area contributed by atoms with Crippen LogP contribution in [0.3, 0.4) is 0 Å². The lowest BCUT2D eigenvalue weighted by Gasteiger charge is -2.36. The van der Waals surface area contributed by atoms with E-state index in [0.717, 1.165) is 5.69 Å². The maximum atomic E-state index is 12.1. The topological polar surface area (TPSA) is 82.5 Å². The summed E-state index contributed by atoms with van der Waals surface area (Å²) in [5.74, 6) is -1.10. The van der Waals surface area contributed by atoms with E-state index < -0.39 is 5.97 Å². The minimum Gasteiger partial charge on any atom is -0.481 e. The van der Waals surface area contributed by atoms with Gasteiger partial charge in [0, 0.05) is 37.4 Å². The fraction of sp³-hybridized carbons (Fsp3) is 0.533. The Bertz CT molecular complexity index is 492. The molecule has 1 aliphatic rings. The number of aromatic nitrogens is 1. The number of amides is 2. The van der Waals surface area contributed by atoms with Crippen molar-refractivity contribution >= 4 is 12.0 Å². The highest BCUT2D eigenvalue weighted by atomic mass is 16.4. The molecule has 1 aromatic heterocycles. The Morgan fingerprint density at radius 2 is 2.29 bits per heavy atom. The highest BCUT2D eigenvalue weighted by Gasteiger charge is 2.31. The molecule has 2 heterocycles. The molecule has 21 heavy (non-hydrogen) atoms. The smallest absolute Gasteiger partial charge is 0.317 e. The number of pyridine rings is 1. The van der Waals surface area contributed by atoms with Crippen molar-refractivity contribution in [2.24, 2.45) is 5.92 Å². The Kier molecular flexibility index (Phi) is 5.14. The van der Waals surface area contributed by atoms with Crippen LogP contribution in [-0.2, 0) is 11.2 Å². The van der Waals surface area contributed by atoms with Gasteiger partial charge in [-0.2, -0.15) is 0 Å². The maximum Gasteiger partial charge on any atom is 0.317 e. The van der Waals surface area contributed by atoms with Gasteiger partial charge in [-0.25, -0.2) is 4.79 Å². The van der Waals surface area contributed by atoms with E-state index >= 15 is 0 Å². The van der Waals surface area contributed by atoms with Crippen molar-refractivity contribution in [3.8, 4) is 0 Å². The zero-order valence-corrected chi connectivity index (χ0v) is 12.2. The van der Waals surface area contributed by atoms with Crippen LogP contribution in [0.2, 0.25) is 0 Å². The van der Waals surface area contributed by atoms with Gasteiger partial charge in [0.05, 0.1) is 5.92 Å². The summed E-state index contributed by atoms with van der Waals surface area (Å²) in [5.41, 5.74) is 0.940. The van der Waals surface area contributed by atoms with Crippen molar-refractivity contribution in [2.45, 2.75) is 32.2 Å². The van der Waals surface area contributed by atoms with Crippen molar-refractivity contribution in [1.82, 2.24) is 15.2 Å². The second kappa shape index (κ2) is 7.06. The quantitative estimate of drug-likeness (QED) is 0.881. The molecule has 0 aliphatic carbocycles. The predicted octanol–water partition coefficient (Wildman–Crippen LogP) is 1.52. The maximum absolute atomic E-state index is 12.1. The van der Waals surface area contributed by atoms with E-state index in [1.807, 2.05) is 25.1 Å². The molecule has 6 nitrogen and oxygen atoms in total. The van der Waals surface area contributed by atoms with Crippen LogP contribution in [0.15, 0.2) is 24.4 Å². The molecule has 0 saturated carbocycles. The second-order valence-electron chi connectivity index (χ2n) is 5.40. The molecule has 2 N–H and O–H groups in total. The standard InChI is InChI=1S/C15H21N3O3/c1-11-10-12(14(19)20)6-9-18(11)15(21)17-8-5-13-4-2-3-7-16-13/h2-4,7,11-12H,5-6,8-10H2,1H3,(H,17,21)(H,19,20). The van der Waals surface area contributed by atoms with Crippen LogP contribution in [0.1, 0.15) is 25.5 Å². The molecular weight excluding hydrogens is 270 g/mol. The number of nitrogens with zero attached hydrogens (tertiary/aromatic N) is 2. The number of rotatable bonds is 4. The number of carboxylic acid groups (broad SMARTS) is 1. The first kappa shape index (κ1) is 15.3. The van der Waals surface area contributed by atoms with Crippen LogP contribution < -0.4 is 5.32 Å². The fourth-order valence-electron chi connectivity index (χ4n) is 2.64. The van der Waals surface area contributed by atoms with Gasteiger partial charge in [-0.1, -0.05) is 6.07 Å². The van der Waals surface area contributed by atoms with Crippen molar-refractivity contribution in [2.75, 3.05) is 13.1 Å². The molecule has 114 valence electrons. The average Bonchev–Trinajstić information content (AvgIpc) is 2.48. The Morgan fingerprint density at radius 1 is 1.48 bits per heavy atom. The first-order valence-corrected chi connectivity index (χ1v) is 7.25. The zero-order chi connectivity index (χ0) is 15.2. The summed E-state index contributed by atoms with van der Waals surface area (Å²) in [6, 6.07) is 5.53. The number of hydrogen-bond acceptors (Lipinski definition) is 3. The van der Waals surface area contributed by atoms with E-state index in [1.165, 1.54) is 0 Å². The zero-order valence-electron chi connectivity index (χ0n) is 12.2. The number of aliphatic carboxylic acids is 1. The highest BCUT2D eigenvalue weighted by molar-refractivity contribution is 5.75. The summed E-state index contributed by atoms with van der Waals surface area (Å²) >= 11 is 0. The SMILES string of the molecule is CC1CC(C(=O)O)CCN1C(=O)NCCc1ccccn1. The van der Waals surface area contributed by atoms with Gasteiger partial charge in [0.15, 0.2) is 0 Å². The second-order valence-corrected chi connectivity index (χ2v) is 5.40. The average molecular weight is 291 g/mol. The van der Waals surface area contributed by atoms with E-state index in [0.29, 0.717) is 32.4 Å². The summed E-state index contributed by atoms with van der Waals surface area (Å²) in [4.78, 5) is 29.0. The fourth-order valence-corrected chi connectivity index (χ4v) is 2.64. The molecule has 0 aromatic carbocycles. The third kappa shape index (κ3) is 4.18. The molecule has 1 aromatic rings. The summed E-state index contributed by atoms with van der Waals surface area (Å²) in [6.45, 7) is 2.92. The number of hydrogen-bond donors (Lipinski definition) is 2. The predicted molar refractivity (Wildman–Crippen MR) is 77.9 cm³/mol. The van der Waals surface area contributed by atoms with Gasteiger partial charge in [0.25, 0.3) is 0 Å². The molecule has 1 fully saturated rings. The van der Waals surface area contributed by atoms with Crippen molar-refractivity contribution in [3.05, 3.63) is 30.1 Å². The molecule has 2 unspecified atom stereocenters. The molecule has 1 aliphatic heterocycles. The number of piperidine rings is 1. The molecule has 0 bridgehead atoms. The first-order chi connectivity index (χ1) is 10.1. The molecule has 2 rings (SSSR count). The van der Waals surface area contributed by atoms with E-state index in [4.69, 9.17) is 5.11 Å². The Balaban J connectivity index is 1.77. The Hall–Kier alpha value is -2.11. The van der Waals surface area contributed by atoms with Gasteiger partial charge in [-0.3, -0.25) is 9.78 Å². The molecule has 6 heteroatoms. The number of urea groups is 1. The van der Waals surface area contributed by atoms with Gasteiger partial charge >= 0.3 is 12.0 Å². The molecule has 2 atom stereocenters. The van der Waals surface area contributed by atoms with Gasteiger partial charge < -0.3 is 15.3 Å². The lowest BCUT2D eigenvalue weighted by molar-refractivity contribution is -0.143. The molecule has 2 amide bonds. The number of nitrogens with one attached hydrogen (secondary N) is 1. The minimum absolute atomic E-state index is 0.0466. The van der Waals surface area contributed by atoms with Crippen LogP contribution in [-0.4, -0.2) is 46.1 Å². The van der Waals surface area contributed by atoms with E-state index in [9.17, 15) is 9.59 Å². The van der Waals surface area contributed by atoms with Crippen LogP contribution in [0.4, 0.5) is 4.79 Å². The van der Waals surface area contributed by atoms with Crippen LogP contribution in [0.5, 0.6) is 0 Å². The molecule has 1 saturated heterocycles. The largest absolute Gasteiger partial charge is 0.481 e. The van der Waals surface area contributed by atoms with E-state index in [1.54, 1.807) is 11.1 Å². The van der Waals surface area contributed by atoms with Gasteiger partial charge in [0.1, 0.15) is 0 Å². The Morgan fingerprint density at radius 3 is 2.90 bits per heavy atom. The highest BCUT2D eigenvalue weighted by Crippen LogP contribution is 2.22. The van der Waals surface area contributed by atoms with Crippen molar-refractivity contribution in [1.29, 1.82) is 0 Å². The molecule has 0 spiro atoms. The summed E-state index contributed by atoms with van der Waals surface area (Å²) in [5, 5.41) is 11.9. The third-order valence-corrected chi connectivity index (χ3v) is 3.87. The third-order valence-electron chi connectivity index (χ3n) is 3.87. The summed E-state index contributed by atoms with van der Waals surface area (Å²) < 4.78 is 0. The number of likely N-dealkylation sites (tertiary alicyclic amines) is 1. The number of carboxylic acids is 1. The number of carbonyl (C=O) groups is 2. The van der Waals surface area contributed by atoms with Crippen LogP contribution >= 0.6 is 0 Å². The lowest BCUT2D eigenvalue weighted by atomic mass is 9.92. The summed E-state index contributed by atoms with van der Waals surface area (Å²) in [7, 11) is 0. The van der Waals surface area contributed by atoms with Gasteiger partial charge in [0.2, 0.25) is 0 Å². The van der Waals surface area contributed by atoms with E-state index in [-0.39, 0.29) is 18.0 Å². The number of carbonyl (C=O) groups excluding carboxylic acids is 1. The lowest BCUT2D eigenvalue weighted by Crippen LogP contribution is -2.50. The first-order valence-electron chi connectivity index (χ1n) is 7.25. The molecule has 0 radical (unpaired) electrons. The van der Waals surface area contributed by atoms with Crippen LogP contribution in [0, 0.1) is 5.92 Å². The normalized spacial score (nSPS) is 21.9. The van der Waals surface area contributed by atoms with E-state index in [2.05, 4.69) is 10.3 Å². The van der Waals surface area contributed by atoms with Crippen molar-refractivity contribution in [3.63, 3.8) is 0 Å². The van der Waals surface area contributed by atoms with Crippen molar-refractivity contribution < 1.29 is 14.7 Å². The van der Waals surface area contributed by atoms with Crippen LogP contribution in [0.25, 0.3) is 0 Å². The minimum atomic E-state index is -0.767. The Labute approximate surface area is 124 Å².